The van der Waals surface area contributed by atoms with E-state index in [1.54, 1.807) is 0 Å². The minimum atomic E-state index is -4.37. The first kappa shape index (κ1) is 16.3. The highest BCUT2D eigenvalue weighted by Gasteiger charge is 2.28. The van der Waals surface area contributed by atoms with Crippen molar-refractivity contribution in [1.29, 1.82) is 0 Å². The molecule has 0 atom stereocenters. The van der Waals surface area contributed by atoms with E-state index >= 15 is 0 Å². The third-order valence-corrected chi connectivity index (χ3v) is 4.38. The van der Waals surface area contributed by atoms with Gasteiger partial charge in [-0.15, -0.1) is 0 Å². The molecule has 3 N–H and O–H groups in total. The topological polar surface area (TPSA) is 85.3 Å². The molecule has 0 radical (unpaired) electrons. The lowest BCUT2D eigenvalue weighted by Gasteiger charge is -2.07. The normalized spacial score (nSPS) is 12.9. The third kappa shape index (κ3) is 5.05. The van der Waals surface area contributed by atoms with Gasteiger partial charge in [-0.1, -0.05) is 0 Å². The number of hydrogen-bond acceptors (Lipinski definition) is 5. The van der Waals surface area contributed by atoms with E-state index in [1.807, 2.05) is 0 Å². The van der Waals surface area contributed by atoms with Crippen molar-refractivity contribution >= 4 is 21.8 Å². The summed E-state index contributed by atoms with van der Waals surface area (Å²) in [4.78, 5) is -0.107. The molecule has 0 fully saturated rings. The first-order valence-corrected chi connectivity index (χ1v) is 7.62. The summed E-state index contributed by atoms with van der Waals surface area (Å²) in [5.74, 6) is 0.0441. The summed E-state index contributed by atoms with van der Waals surface area (Å²) in [5, 5.41) is 0. The van der Waals surface area contributed by atoms with Crippen LogP contribution in [0.3, 0.4) is 0 Å². The molecule has 1 heterocycles. The number of nitrogens with two attached hydrogens (primary N) is 1. The zero-order valence-electron chi connectivity index (χ0n) is 9.95. The summed E-state index contributed by atoms with van der Waals surface area (Å²) >= 11 is -0.287. The van der Waals surface area contributed by atoms with Crippen molar-refractivity contribution in [2.45, 2.75) is 23.9 Å². The van der Waals surface area contributed by atoms with E-state index in [9.17, 15) is 21.6 Å². The number of sulfonamides is 1. The zero-order chi connectivity index (χ0) is 14.7. The number of halogens is 3. The zero-order valence-corrected chi connectivity index (χ0v) is 11.6. The highest BCUT2D eigenvalue weighted by molar-refractivity contribution is 8.00. The number of nitrogens with one attached hydrogen (secondary N) is 1. The van der Waals surface area contributed by atoms with E-state index < -0.39 is 21.3 Å². The minimum Gasteiger partial charge on any atom is -0.464 e. The Hall–Kier alpha value is -0.710. The maximum Gasteiger partial charge on any atom is 0.441 e. The molecule has 0 unspecified atom stereocenters. The van der Waals surface area contributed by atoms with Crippen LogP contribution in [0.1, 0.15) is 11.5 Å². The summed E-state index contributed by atoms with van der Waals surface area (Å²) < 4.78 is 66.4. The fourth-order valence-corrected chi connectivity index (χ4v) is 3.11. The van der Waals surface area contributed by atoms with Crippen LogP contribution < -0.4 is 10.5 Å². The number of alkyl halides is 3. The van der Waals surface area contributed by atoms with E-state index in [-0.39, 0.29) is 35.5 Å². The Bertz CT molecular complexity index is 525. The van der Waals surface area contributed by atoms with Crippen LogP contribution in [0.5, 0.6) is 0 Å². The molecule has 0 bridgehead atoms. The number of aryl methyl sites for hydroxylation is 1. The first-order valence-electron chi connectivity index (χ1n) is 5.15. The standard InChI is InChI=1S/C9H13F3N2O3S2/c1-6-8(4-7(5-13)17-6)19(15,16)14-2-3-18-9(10,11)12/h4,14H,2-3,5,13H2,1H3. The molecule has 10 heteroatoms. The summed E-state index contributed by atoms with van der Waals surface area (Å²) in [6.07, 6.45) is 0. The van der Waals surface area contributed by atoms with Crippen molar-refractivity contribution < 1.29 is 26.0 Å². The van der Waals surface area contributed by atoms with Crippen molar-refractivity contribution in [3.8, 4) is 0 Å². The minimum absolute atomic E-state index is 0.0419. The van der Waals surface area contributed by atoms with Gasteiger partial charge in [0, 0.05) is 18.4 Å². The molecular weight excluding hydrogens is 305 g/mol. The van der Waals surface area contributed by atoms with Gasteiger partial charge in [0.25, 0.3) is 0 Å². The summed E-state index contributed by atoms with van der Waals surface area (Å²) in [6, 6.07) is 1.26. The Morgan fingerprint density at radius 3 is 2.58 bits per heavy atom. The van der Waals surface area contributed by atoms with E-state index in [0.717, 1.165) is 0 Å². The van der Waals surface area contributed by atoms with Crippen LogP contribution in [-0.2, 0) is 16.6 Å². The van der Waals surface area contributed by atoms with Gasteiger partial charge in [0.1, 0.15) is 16.4 Å². The smallest absolute Gasteiger partial charge is 0.441 e. The van der Waals surface area contributed by atoms with E-state index in [4.69, 9.17) is 10.2 Å². The quantitative estimate of drug-likeness (QED) is 0.778. The molecule has 0 amide bonds. The molecule has 0 spiro atoms. The SMILES string of the molecule is Cc1oc(CN)cc1S(=O)(=O)NCCSC(F)(F)F. The van der Waals surface area contributed by atoms with E-state index in [2.05, 4.69) is 4.72 Å². The van der Waals surface area contributed by atoms with E-state index in [1.165, 1.54) is 13.0 Å². The van der Waals surface area contributed by atoms with Crippen molar-refractivity contribution in [1.82, 2.24) is 4.72 Å². The van der Waals surface area contributed by atoms with Gasteiger partial charge >= 0.3 is 5.51 Å². The number of thioether (sulfide) groups is 1. The van der Waals surface area contributed by atoms with Crippen molar-refractivity contribution in [2.75, 3.05) is 12.3 Å². The Morgan fingerprint density at radius 2 is 2.11 bits per heavy atom. The molecule has 0 aliphatic carbocycles. The van der Waals surface area contributed by atoms with Crippen LogP contribution in [0, 0.1) is 6.92 Å². The van der Waals surface area contributed by atoms with Gasteiger partial charge in [-0.2, -0.15) is 13.2 Å². The monoisotopic (exact) mass is 318 g/mol. The van der Waals surface area contributed by atoms with Gasteiger partial charge in [0.05, 0.1) is 6.54 Å². The van der Waals surface area contributed by atoms with Gasteiger partial charge < -0.3 is 10.2 Å². The molecule has 0 saturated carbocycles. The Balaban J connectivity index is 2.63. The van der Waals surface area contributed by atoms with E-state index in [0.29, 0.717) is 5.76 Å². The number of furan rings is 1. The fourth-order valence-electron chi connectivity index (χ4n) is 1.31. The van der Waals surface area contributed by atoms with Gasteiger partial charge in [-0.05, 0) is 18.7 Å². The van der Waals surface area contributed by atoms with Gasteiger partial charge in [-0.25, -0.2) is 13.1 Å². The molecule has 110 valence electrons. The molecule has 0 aliphatic rings. The summed E-state index contributed by atoms with van der Waals surface area (Å²) in [7, 11) is -3.88. The fraction of sp³-hybridized carbons (Fsp3) is 0.556. The molecule has 1 aromatic rings. The van der Waals surface area contributed by atoms with Gasteiger partial charge in [-0.3, -0.25) is 0 Å². The average Bonchev–Trinajstić information content (AvgIpc) is 2.66. The molecular formula is C9H13F3N2O3S2. The number of rotatable bonds is 6. The van der Waals surface area contributed by atoms with Crippen molar-refractivity contribution in [3.05, 3.63) is 17.6 Å². The lowest BCUT2D eigenvalue weighted by molar-refractivity contribution is -0.0327. The largest absolute Gasteiger partial charge is 0.464 e. The molecule has 1 rings (SSSR count). The molecule has 0 saturated heterocycles. The van der Waals surface area contributed by atoms with Crippen LogP contribution in [0.2, 0.25) is 0 Å². The highest BCUT2D eigenvalue weighted by Crippen LogP contribution is 2.29. The Kier molecular flexibility index (Phi) is 5.30. The predicted octanol–water partition coefficient (Wildman–Crippen LogP) is 1.58. The lowest BCUT2D eigenvalue weighted by atomic mass is 10.4. The number of hydrogen-bond donors (Lipinski definition) is 2. The maximum atomic E-state index is 11.9. The van der Waals surface area contributed by atoms with Crippen LogP contribution in [0.25, 0.3) is 0 Å². The Morgan fingerprint density at radius 1 is 1.47 bits per heavy atom. The van der Waals surface area contributed by atoms with Crippen LogP contribution >= 0.6 is 11.8 Å². The van der Waals surface area contributed by atoms with Crippen molar-refractivity contribution in [2.24, 2.45) is 5.73 Å². The Labute approximate surface area is 112 Å². The average molecular weight is 318 g/mol. The highest BCUT2D eigenvalue weighted by atomic mass is 32.2. The maximum absolute atomic E-state index is 11.9. The molecule has 0 aromatic carbocycles. The third-order valence-electron chi connectivity index (χ3n) is 2.07. The second-order valence-electron chi connectivity index (χ2n) is 3.53. The molecule has 19 heavy (non-hydrogen) atoms. The first-order chi connectivity index (χ1) is 8.65. The summed E-state index contributed by atoms with van der Waals surface area (Å²) in [5.41, 5.74) is 0.936. The lowest BCUT2D eigenvalue weighted by Crippen LogP contribution is -2.27. The predicted molar refractivity (Wildman–Crippen MR) is 65.0 cm³/mol. The second-order valence-corrected chi connectivity index (χ2v) is 6.42. The van der Waals surface area contributed by atoms with Crippen LogP contribution in [-0.4, -0.2) is 26.2 Å². The molecule has 1 aromatic heterocycles. The molecule has 5 nitrogen and oxygen atoms in total. The van der Waals surface area contributed by atoms with Crippen molar-refractivity contribution in [3.63, 3.8) is 0 Å². The van der Waals surface area contributed by atoms with Gasteiger partial charge in [0.15, 0.2) is 0 Å². The molecule has 0 aliphatic heterocycles. The van der Waals surface area contributed by atoms with Crippen LogP contribution in [0.15, 0.2) is 15.4 Å². The second kappa shape index (κ2) is 6.16. The summed E-state index contributed by atoms with van der Waals surface area (Å²) in [6.45, 7) is 1.16. The van der Waals surface area contributed by atoms with Crippen LogP contribution in [0.4, 0.5) is 13.2 Å². The van der Waals surface area contributed by atoms with Gasteiger partial charge in [0.2, 0.25) is 10.0 Å².